The first-order valence-corrected chi connectivity index (χ1v) is 10.4. The van der Waals surface area contributed by atoms with Crippen molar-refractivity contribution < 1.29 is 9.59 Å². The van der Waals surface area contributed by atoms with E-state index in [1.165, 1.54) is 6.92 Å². The SMILES string of the molecule is CC(=O)n1cc(C=NNC(=O)c2ccc(NCc3ccc(Cl)cc3)cc2)c2ccccc21. The molecule has 32 heavy (non-hydrogen) atoms. The molecule has 0 saturated heterocycles. The fourth-order valence-corrected chi connectivity index (χ4v) is 3.47. The van der Waals surface area contributed by atoms with Crippen LogP contribution >= 0.6 is 11.6 Å². The van der Waals surface area contributed by atoms with Gasteiger partial charge in [0, 0.05) is 46.9 Å². The largest absolute Gasteiger partial charge is 0.381 e. The molecule has 0 fully saturated rings. The average Bonchev–Trinajstić information content (AvgIpc) is 3.18. The number of halogens is 1. The maximum absolute atomic E-state index is 12.4. The predicted octanol–water partition coefficient (Wildman–Crippen LogP) is 5.33. The molecule has 0 atom stereocenters. The lowest BCUT2D eigenvalue weighted by Gasteiger charge is -2.07. The number of amides is 1. The molecule has 1 aromatic heterocycles. The Morgan fingerprint density at radius 1 is 1.00 bits per heavy atom. The molecule has 4 aromatic rings. The van der Waals surface area contributed by atoms with E-state index in [1.54, 1.807) is 29.1 Å². The van der Waals surface area contributed by atoms with Crippen molar-refractivity contribution in [1.82, 2.24) is 9.99 Å². The summed E-state index contributed by atoms with van der Waals surface area (Å²) in [5, 5.41) is 8.97. The summed E-state index contributed by atoms with van der Waals surface area (Å²) in [5.41, 5.74) is 6.58. The minimum absolute atomic E-state index is 0.0883. The molecule has 2 N–H and O–H groups in total. The fourth-order valence-electron chi connectivity index (χ4n) is 3.34. The van der Waals surface area contributed by atoms with Gasteiger partial charge in [-0.25, -0.2) is 5.43 Å². The van der Waals surface area contributed by atoms with Gasteiger partial charge in [0.05, 0.1) is 11.7 Å². The van der Waals surface area contributed by atoms with E-state index in [9.17, 15) is 9.59 Å². The van der Waals surface area contributed by atoms with E-state index < -0.39 is 0 Å². The number of carbonyl (C=O) groups is 2. The Hall–Kier alpha value is -3.90. The quantitative estimate of drug-likeness (QED) is 0.311. The van der Waals surface area contributed by atoms with Gasteiger partial charge in [-0.15, -0.1) is 0 Å². The van der Waals surface area contributed by atoms with Crippen molar-refractivity contribution in [2.45, 2.75) is 13.5 Å². The van der Waals surface area contributed by atoms with Crippen LogP contribution in [0.4, 0.5) is 5.69 Å². The van der Waals surface area contributed by atoms with Crippen LogP contribution in [0.2, 0.25) is 5.02 Å². The van der Waals surface area contributed by atoms with Gasteiger partial charge in [0.2, 0.25) is 5.91 Å². The minimum atomic E-state index is -0.319. The number of hydrazone groups is 1. The molecule has 7 heteroatoms. The van der Waals surface area contributed by atoms with Crippen molar-refractivity contribution in [2.24, 2.45) is 5.10 Å². The van der Waals surface area contributed by atoms with E-state index in [0.717, 1.165) is 27.7 Å². The molecular formula is C25H21ClN4O2. The smallest absolute Gasteiger partial charge is 0.271 e. The lowest BCUT2D eigenvalue weighted by atomic mass is 10.2. The molecule has 0 aliphatic heterocycles. The zero-order valence-corrected chi connectivity index (χ0v) is 18.1. The Labute approximate surface area is 190 Å². The molecule has 0 aliphatic carbocycles. The number of nitrogens with zero attached hydrogens (tertiary/aromatic N) is 2. The number of nitrogens with one attached hydrogen (secondary N) is 2. The van der Waals surface area contributed by atoms with Crippen LogP contribution in [0.3, 0.4) is 0 Å². The minimum Gasteiger partial charge on any atom is -0.381 e. The molecule has 3 aromatic carbocycles. The molecule has 0 radical (unpaired) electrons. The number of fused-ring (bicyclic) bond motifs is 1. The topological polar surface area (TPSA) is 75.5 Å². The average molecular weight is 445 g/mol. The lowest BCUT2D eigenvalue weighted by Crippen LogP contribution is -2.17. The van der Waals surface area contributed by atoms with Crippen LogP contribution in [0.25, 0.3) is 10.9 Å². The van der Waals surface area contributed by atoms with Gasteiger partial charge in [0.25, 0.3) is 5.91 Å². The van der Waals surface area contributed by atoms with Crippen molar-refractivity contribution >= 4 is 46.2 Å². The van der Waals surface area contributed by atoms with Crippen LogP contribution in [-0.4, -0.2) is 22.6 Å². The van der Waals surface area contributed by atoms with E-state index in [1.807, 2.05) is 60.7 Å². The highest BCUT2D eigenvalue weighted by atomic mass is 35.5. The number of aromatic nitrogens is 1. The Kier molecular flexibility index (Phi) is 6.33. The zero-order chi connectivity index (χ0) is 22.5. The molecule has 6 nitrogen and oxygen atoms in total. The third-order valence-electron chi connectivity index (χ3n) is 5.01. The molecule has 0 bridgehead atoms. The number of carbonyl (C=O) groups excluding carboxylic acids is 2. The maximum atomic E-state index is 12.4. The Bertz CT molecular complexity index is 1290. The van der Waals surface area contributed by atoms with Gasteiger partial charge >= 0.3 is 0 Å². The summed E-state index contributed by atoms with van der Waals surface area (Å²) in [5.74, 6) is -0.407. The van der Waals surface area contributed by atoms with Crippen LogP contribution in [0.1, 0.15) is 33.2 Å². The summed E-state index contributed by atoms with van der Waals surface area (Å²) in [6, 6.07) is 22.3. The zero-order valence-electron chi connectivity index (χ0n) is 17.4. The summed E-state index contributed by atoms with van der Waals surface area (Å²) in [7, 11) is 0. The van der Waals surface area contributed by atoms with Crippen molar-refractivity contribution in [3.63, 3.8) is 0 Å². The molecule has 160 valence electrons. The molecule has 1 amide bonds. The van der Waals surface area contributed by atoms with Crippen LogP contribution in [0, 0.1) is 0 Å². The van der Waals surface area contributed by atoms with Gasteiger partial charge in [0.15, 0.2) is 0 Å². The number of hydrogen-bond donors (Lipinski definition) is 2. The van der Waals surface area contributed by atoms with Crippen molar-refractivity contribution in [1.29, 1.82) is 0 Å². The maximum Gasteiger partial charge on any atom is 0.271 e. The predicted molar refractivity (Wildman–Crippen MR) is 129 cm³/mol. The van der Waals surface area contributed by atoms with Crippen molar-refractivity contribution in [3.05, 3.63) is 101 Å². The van der Waals surface area contributed by atoms with Crippen LogP contribution in [-0.2, 0) is 6.54 Å². The summed E-state index contributed by atoms with van der Waals surface area (Å²) in [6.45, 7) is 2.16. The van der Waals surface area contributed by atoms with Gasteiger partial charge in [-0.1, -0.05) is 41.9 Å². The highest BCUT2D eigenvalue weighted by Crippen LogP contribution is 2.20. The Morgan fingerprint density at radius 3 is 2.44 bits per heavy atom. The first-order chi connectivity index (χ1) is 15.5. The molecule has 0 spiro atoms. The molecule has 4 rings (SSSR count). The third kappa shape index (κ3) is 4.87. The van der Waals surface area contributed by atoms with E-state index >= 15 is 0 Å². The van der Waals surface area contributed by atoms with Crippen LogP contribution in [0.15, 0.2) is 84.1 Å². The third-order valence-corrected chi connectivity index (χ3v) is 5.26. The standard InChI is InChI=1S/C25H21ClN4O2/c1-17(31)30-16-20(23-4-2-3-5-24(23)30)15-28-29-25(32)19-8-12-22(13-9-19)27-14-18-6-10-21(26)11-7-18/h2-13,15-16,27H,14H2,1H3,(H,29,32). The summed E-state index contributed by atoms with van der Waals surface area (Å²) >= 11 is 5.90. The molecule has 1 heterocycles. The van der Waals surface area contributed by atoms with E-state index in [0.29, 0.717) is 17.1 Å². The first kappa shape index (κ1) is 21.3. The number of benzene rings is 3. The van der Waals surface area contributed by atoms with Crippen molar-refractivity contribution in [2.75, 3.05) is 5.32 Å². The monoisotopic (exact) mass is 444 g/mol. The highest BCUT2D eigenvalue weighted by Gasteiger charge is 2.09. The first-order valence-electron chi connectivity index (χ1n) is 10.0. The Morgan fingerprint density at radius 2 is 1.72 bits per heavy atom. The second kappa shape index (κ2) is 9.49. The van der Waals surface area contributed by atoms with Gasteiger partial charge < -0.3 is 5.32 Å². The molecular weight excluding hydrogens is 424 g/mol. The molecule has 0 unspecified atom stereocenters. The second-order valence-electron chi connectivity index (χ2n) is 7.25. The number of hydrogen-bond acceptors (Lipinski definition) is 4. The summed E-state index contributed by atoms with van der Waals surface area (Å²) in [6.07, 6.45) is 3.26. The van der Waals surface area contributed by atoms with Crippen LogP contribution < -0.4 is 10.7 Å². The highest BCUT2D eigenvalue weighted by molar-refractivity contribution is 6.30. The van der Waals surface area contributed by atoms with Gasteiger partial charge in [-0.3, -0.25) is 14.2 Å². The molecule has 0 saturated carbocycles. The van der Waals surface area contributed by atoms with Gasteiger partial charge in [-0.2, -0.15) is 5.10 Å². The van der Waals surface area contributed by atoms with E-state index in [2.05, 4.69) is 15.8 Å². The fraction of sp³-hybridized carbons (Fsp3) is 0.0800. The lowest BCUT2D eigenvalue weighted by molar-refractivity contribution is 0.0937. The van der Waals surface area contributed by atoms with Crippen molar-refractivity contribution in [3.8, 4) is 0 Å². The normalized spacial score (nSPS) is 11.1. The Balaban J connectivity index is 1.38. The van der Waals surface area contributed by atoms with Gasteiger partial charge in [0.1, 0.15) is 0 Å². The number of anilines is 1. The molecule has 0 aliphatic rings. The summed E-state index contributed by atoms with van der Waals surface area (Å²) < 4.78 is 1.56. The summed E-state index contributed by atoms with van der Waals surface area (Å²) in [4.78, 5) is 24.3. The van der Waals surface area contributed by atoms with Crippen LogP contribution in [0.5, 0.6) is 0 Å². The van der Waals surface area contributed by atoms with Gasteiger partial charge in [-0.05, 0) is 48.0 Å². The second-order valence-corrected chi connectivity index (χ2v) is 7.68. The number of rotatable bonds is 6. The van der Waals surface area contributed by atoms with E-state index in [4.69, 9.17) is 11.6 Å². The number of para-hydroxylation sites is 1. The van der Waals surface area contributed by atoms with E-state index in [-0.39, 0.29) is 11.8 Å².